The Hall–Kier alpha value is -1.24. The van der Waals surface area contributed by atoms with E-state index in [0.717, 1.165) is 0 Å². The van der Waals surface area contributed by atoms with Crippen LogP contribution >= 0.6 is 0 Å². The highest BCUT2D eigenvalue weighted by atomic mass is 19.3. The van der Waals surface area contributed by atoms with E-state index in [9.17, 15) is 13.9 Å². The molecular formula is C13H17F2NO3. The largest absolute Gasteiger partial charge is 0.435 e. The summed E-state index contributed by atoms with van der Waals surface area (Å²) < 4.78 is 33.6. The monoisotopic (exact) mass is 273 g/mol. The summed E-state index contributed by atoms with van der Waals surface area (Å²) in [5, 5.41) is 10.4. The van der Waals surface area contributed by atoms with Crippen molar-refractivity contribution in [3.05, 3.63) is 29.8 Å². The van der Waals surface area contributed by atoms with Crippen molar-refractivity contribution in [3.8, 4) is 5.75 Å². The van der Waals surface area contributed by atoms with Gasteiger partial charge in [0.05, 0.1) is 12.7 Å². The number of nitrogens with two attached hydrogens (primary N) is 1. The molecule has 106 valence electrons. The van der Waals surface area contributed by atoms with Crippen LogP contribution in [0.25, 0.3) is 0 Å². The van der Waals surface area contributed by atoms with Crippen molar-refractivity contribution in [1.82, 2.24) is 0 Å². The quantitative estimate of drug-likeness (QED) is 0.857. The highest BCUT2D eigenvalue weighted by Gasteiger charge is 2.41. The number of alkyl halides is 2. The molecule has 0 amide bonds. The van der Waals surface area contributed by atoms with Crippen LogP contribution in [0.2, 0.25) is 0 Å². The van der Waals surface area contributed by atoms with Gasteiger partial charge in [-0.25, -0.2) is 0 Å². The van der Waals surface area contributed by atoms with Gasteiger partial charge in [-0.15, -0.1) is 0 Å². The molecule has 1 saturated heterocycles. The van der Waals surface area contributed by atoms with E-state index in [1.165, 1.54) is 12.1 Å². The zero-order chi connectivity index (χ0) is 13.9. The van der Waals surface area contributed by atoms with E-state index in [2.05, 4.69) is 4.74 Å². The first-order chi connectivity index (χ1) is 9.07. The summed E-state index contributed by atoms with van der Waals surface area (Å²) in [5.74, 6) is 0.0652. The molecule has 0 aromatic heterocycles. The standard InChI is InChI=1S/C13H17F2NO3/c14-12(15)19-10-3-1-9(2-4-10)11(17)13(7-16)5-6-18-8-13/h1-4,11-12,17H,5-8,16H2. The van der Waals surface area contributed by atoms with Crippen LogP contribution < -0.4 is 10.5 Å². The molecule has 2 atom stereocenters. The van der Waals surface area contributed by atoms with Crippen molar-refractivity contribution < 1.29 is 23.4 Å². The van der Waals surface area contributed by atoms with Gasteiger partial charge in [0.2, 0.25) is 0 Å². The topological polar surface area (TPSA) is 64.7 Å². The minimum absolute atomic E-state index is 0.0652. The fourth-order valence-corrected chi connectivity index (χ4v) is 2.30. The number of aliphatic hydroxyl groups is 1. The van der Waals surface area contributed by atoms with Gasteiger partial charge in [-0.05, 0) is 24.1 Å². The number of hydrogen-bond donors (Lipinski definition) is 2. The molecule has 0 radical (unpaired) electrons. The number of aliphatic hydroxyl groups excluding tert-OH is 1. The average Bonchev–Trinajstić information content (AvgIpc) is 2.88. The van der Waals surface area contributed by atoms with Gasteiger partial charge in [0.15, 0.2) is 0 Å². The maximum atomic E-state index is 12.0. The maximum absolute atomic E-state index is 12.0. The molecule has 2 unspecified atom stereocenters. The predicted octanol–water partition coefficient (Wildman–Crippen LogP) is 1.69. The van der Waals surface area contributed by atoms with Crippen LogP contribution in [0.15, 0.2) is 24.3 Å². The van der Waals surface area contributed by atoms with Crippen molar-refractivity contribution in [2.24, 2.45) is 11.1 Å². The summed E-state index contributed by atoms with van der Waals surface area (Å²) >= 11 is 0. The van der Waals surface area contributed by atoms with E-state index in [1.54, 1.807) is 12.1 Å². The molecule has 0 bridgehead atoms. The molecule has 19 heavy (non-hydrogen) atoms. The van der Waals surface area contributed by atoms with Crippen LogP contribution in [0.1, 0.15) is 18.1 Å². The fraction of sp³-hybridized carbons (Fsp3) is 0.538. The summed E-state index contributed by atoms with van der Waals surface area (Å²) in [4.78, 5) is 0. The van der Waals surface area contributed by atoms with E-state index in [0.29, 0.717) is 31.7 Å². The molecule has 1 heterocycles. The molecule has 1 fully saturated rings. The Morgan fingerprint density at radius 3 is 2.53 bits per heavy atom. The third-order valence-corrected chi connectivity index (χ3v) is 3.54. The number of benzene rings is 1. The Balaban J connectivity index is 2.12. The lowest BCUT2D eigenvalue weighted by molar-refractivity contribution is -0.0499. The lowest BCUT2D eigenvalue weighted by atomic mass is 9.78. The molecule has 1 aromatic rings. The third kappa shape index (κ3) is 3.02. The van der Waals surface area contributed by atoms with Crippen molar-refractivity contribution in [3.63, 3.8) is 0 Å². The molecule has 1 aliphatic heterocycles. The smallest absolute Gasteiger partial charge is 0.387 e. The number of halogens is 2. The lowest BCUT2D eigenvalue weighted by Crippen LogP contribution is -2.37. The van der Waals surface area contributed by atoms with Crippen LogP contribution in [-0.2, 0) is 4.74 Å². The van der Waals surface area contributed by atoms with Crippen molar-refractivity contribution in [1.29, 1.82) is 0 Å². The molecule has 3 N–H and O–H groups in total. The van der Waals surface area contributed by atoms with Gasteiger partial charge < -0.3 is 20.3 Å². The van der Waals surface area contributed by atoms with E-state index >= 15 is 0 Å². The SMILES string of the molecule is NCC1(C(O)c2ccc(OC(F)F)cc2)CCOC1. The molecule has 0 saturated carbocycles. The Morgan fingerprint density at radius 2 is 2.05 bits per heavy atom. The number of rotatable bonds is 5. The first-order valence-corrected chi connectivity index (χ1v) is 6.08. The molecule has 0 aliphatic carbocycles. The minimum Gasteiger partial charge on any atom is -0.435 e. The van der Waals surface area contributed by atoms with Crippen LogP contribution in [0, 0.1) is 5.41 Å². The second-order valence-electron chi connectivity index (χ2n) is 4.72. The van der Waals surface area contributed by atoms with Crippen LogP contribution in [0.4, 0.5) is 8.78 Å². The van der Waals surface area contributed by atoms with Gasteiger partial charge in [-0.3, -0.25) is 0 Å². The molecule has 1 aromatic carbocycles. The second-order valence-corrected chi connectivity index (χ2v) is 4.72. The highest BCUT2D eigenvalue weighted by Crippen LogP contribution is 2.40. The summed E-state index contributed by atoms with van der Waals surface area (Å²) in [6.07, 6.45) is -0.0967. The first-order valence-electron chi connectivity index (χ1n) is 6.08. The number of ether oxygens (including phenoxy) is 2. The Labute approximate surface area is 110 Å². The first kappa shape index (κ1) is 14.2. The van der Waals surface area contributed by atoms with Crippen molar-refractivity contribution in [2.45, 2.75) is 19.1 Å². The van der Waals surface area contributed by atoms with Gasteiger partial charge in [0, 0.05) is 18.6 Å². The Bertz CT molecular complexity index is 405. The normalized spacial score (nSPS) is 24.7. The molecular weight excluding hydrogens is 256 g/mol. The van der Waals surface area contributed by atoms with Crippen molar-refractivity contribution >= 4 is 0 Å². The molecule has 6 heteroatoms. The van der Waals surface area contributed by atoms with Gasteiger partial charge >= 0.3 is 6.61 Å². The summed E-state index contributed by atoms with van der Waals surface area (Å²) in [5.41, 5.74) is 5.87. The molecule has 0 spiro atoms. The maximum Gasteiger partial charge on any atom is 0.387 e. The second kappa shape index (κ2) is 5.81. The van der Waals surface area contributed by atoms with E-state index in [-0.39, 0.29) is 5.75 Å². The van der Waals surface area contributed by atoms with Gasteiger partial charge in [0.1, 0.15) is 5.75 Å². The average molecular weight is 273 g/mol. The zero-order valence-corrected chi connectivity index (χ0v) is 10.4. The fourth-order valence-electron chi connectivity index (χ4n) is 2.30. The summed E-state index contributed by atoms with van der Waals surface area (Å²) in [6, 6.07) is 5.95. The molecule has 4 nitrogen and oxygen atoms in total. The number of hydrogen-bond acceptors (Lipinski definition) is 4. The van der Waals surface area contributed by atoms with E-state index in [1.807, 2.05) is 0 Å². The van der Waals surface area contributed by atoms with E-state index in [4.69, 9.17) is 10.5 Å². The predicted molar refractivity (Wildman–Crippen MR) is 65.0 cm³/mol. The van der Waals surface area contributed by atoms with Crippen LogP contribution in [0.3, 0.4) is 0 Å². The Morgan fingerprint density at radius 1 is 1.37 bits per heavy atom. The molecule has 2 rings (SSSR count). The Kier molecular flexibility index (Phi) is 4.34. The molecule has 1 aliphatic rings. The third-order valence-electron chi connectivity index (χ3n) is 3.54. The van der Waals surface area contributed by atoms with Gasteiger partial charge in [0.25, 0.3) is 0 Å². The zero-order valence-electron chi connectivity index (χ0n) is 10.4. The van der Waals surface area contributed by atoms with Gasteiger partial charge in [-0.1, -0.05) is 12.1 Å². The van der Waals surface area contributed by atoms with Crippen LogP contribution in [-0.4, -0.2) is 31.5 Å². The van der Waals surface area contributed by atoms with Gasteiger partial charge in [-0.2, -0.15) is 8.78 Å². The van der Waals surface area contributed by atoms with Crippen LogP contribution in [0.5, 0.6) is 5.75 Å². The highest BCUT2D eigenvalue weighted by molar-refractivity contribution is 5.29. The lowest BCUT2D eigenvalue weighted by Gasteiger charge is -2.31. The summed E-state index contributed by atoms with van der Waals surface area (Å²) in [6.45, 7) is -1.57. The van der Waals surface area contributed by atoms with Crippen molar-refractivity contribution in [2.75, 3.05) is 19.8 Å². The van der Waals surface area contributed by atoms with E-state index < -0.39 is 18.1 Å². The summed E-state index contributed by atoms with van der Waals surface area (Å²) in [7, 11) is 0. The minimum atomic E-state index is -2.85.